The van der Waals surface area contributed by atoms with Crippen LogP contribution in [0, 0.1) is 6.92 Å². The molecule has 3 aromatic rings. The molecule has 0 N–H and O–H groups in total. The Morgan fingerprint density at radius 3 is 2.60 bits per heavy atom. The van der Waals surface area contributed by atoms with Crippen molar-refractivity contribution in [1.29, 1.82) is 0 Å². The molecule has 0 aliphatic carbocycles. The summed E-state index contributed by atoms with van der Waals surface area (Å²) < 4.78 is 11.4. The molecule has 1 heterocycles. The van der Waals surface area contributed by atoms with Crippen LogP contribution in [0.1, 0.15) is 31.4 Å². The van der Waals surface area contributed by atoms with Gasteiger partial charge >= 0.3 is 0 Å². The second-order valence-corrected chi connectivity index (χ2v) is 7.82. The van der Waals surface area contributed by atoms with E-state index in [2.05, 4.69) is 48.3 Å². The number of rotatable bonds is 10. The lowest BCUT2D eigenvalue weighted by atomic mass is 10.1. The third-order valence-electron chi connectivity index (χ3n) is 4.48. The predicted molar refractivity (Wildman–Crippen MR) is 119 cm³/mol. The number of nitrogens with zero attached hydrogens (tertiary/aromatic N) is 3. The fourth-order valence-corrected chi connectivity index (χ4v) is 3.66. The van der Waals surface area contributed by atoms with Crippen molar-refractivity contribution < 1.29 is 13.9 Å². The topological polar surface area (TPSA) is 68.5 Å². The summed E-state index contributed by atoms with van der Waals surface area (Å²) in [7, 11) is 0. The number of thioether (sulfide) groups is 1. The molecule has 1 aromatic heterocycles. The van der Waals surface area contributed by atoms with Gasteiger partial charge in [0.15, 0.2) is 0 Å². The maximum absolute atomic E-state index is 12.8. The van der Waals surface area contributed by atoms with Crippen LogP contribution >= 0.6 is 11.8 Å². The number of benzene rings is 2. The van der Waals surface area contributed by atoms with E-state index in [1.807, 2.05) is 36.1 Å². The highest BCUT2D eigenvalue weighted by Gasteiger charge is 2.17. The average molecular weight is 426 g/mol. The first-order valence-electron chi connectivity index (χ1n) is 10.1. The van der Waals surface area contributed by atoms with Gasteiger partial charge in [0, 0.05) is 13.1 Å². The molecule has 3 rings (SSSR count). The Kier molecular flexibility index (Phi) is 7.90. The molecule has 0 aliphatic heterocycles. The number of hydrogen-bond acceptors (Lipinski definition) is 6. The molecular formula is C23H27N3O3S. The van der Waals surface area contributed by atoms with Crippen molar-refractivity contribution in [1.82, 2.24) is 15.1 Å². The number of para-hydroxylation sites is 1. The molecule has 7 heteroatoms. The zero-order chi connectivity index (χ0) is 21.3. The van der Waals surface area contributed by atoms with Gasteiger partial charge in [-0.1, -0.05) is 60.6 Å². The average Bonchev–Trinajstić information content (AvgIpc) is 3.23. The number of amides is 1. The lowest BCUT2D eigenvalue weighted by molar-refractivity contribution is -0.129. The largest absolute Gasteiger partial charge is 0.493 e. The summed E-state index contributed by atoms with van der Waals surface area (Å²) in [5.74, 6) is 1.39. The smallest absolute Gasteiger partial charge is 0.277 e. The molecule has 1 amide bonds. The maximum Gasteiger partial charge on any atom is 0.277 e. The first kappa shape index (κ1) is 21.9. The molecule has 158 valence electrons. The molecular weight excluding hydrogens is 398 g/mol. The molecule has 0 aliphatic rings. The molecule has 2 aromatic carbocycles. The Morgan fingerprint density at radius 2 is 1.87 bits per heavy atom. The fourth-order valence-electron chi connectivity index (χ4n) is 2.99. The van der Waals surface area contributed by atoms with E-state index >= 15 is 0 Å². The van der Waals surface area contributed by atoms with Crippen LogP contribution in [-0.2, 0) is 11.3 Å². The van der Waals surface area contributed by atoms with Crippen molar-refractivity contribution in [3.8, 4) is 17.2 Å². The minimum Gasteiger partial charge on any atom is -0.493 e. The number of hydrogen-bond donors (Lipinski definition) is 0. The molecule has 0 atom stereocenters. The summed E-state index contributed by atoms with van der Waals surface area (Å²) in [5, 5.41) is 8.58. The van der Waals surface area contributed by atoms with E-state index in [0.717, 1.165) is 17.5 Å². The van der Waals surface area contributed by atoms with Crippen molar-refractivity contribution in [2.24, 2.45) is 0 Å². The highest BCUT2D eigenvalue weighted by atomic mass is 32.2. The fraction of sp³-hybridized carbons (Fsp3) is 0.348. The molecule has 30 heavy (non-hydrogen) atoms. The Bertz CT molecular complexity index is 956. The van der Waals surface area contributed by atoms with Crippen LogP contribution in [0.2, 0.25) is 0 Å². The Morgan fingerprint density at radius 1 is 1.10 bits per heavy atom. The minimum absolute atomic E-state index is 0.0527. The molecule has 0 bridgehead atoms. The number of ether oxygens (including phenoxy) is 1. The van der Waals surface area contributed by atoms with E-state index in [0.29, 0.717) is 36.6 Å². The van der Waals surface area contributed by atoms with E-state index in [-0.39, 0.29) is 11.7 Å². The van der Waals surface area contributed by atoms with Crippen molar-refractivity contribution in [2.75, 3.05) is 18.9 Å². The van der Waals surface area contributed by atoms with E-state index in [1.54, 1.807) is 0 Å². The first-order valence-corrected chi connectivity index (χ1v) is 11.1. The highest BCUT2D eigenvalue weighted by molar-refractivity contribution is 7.99. The summed E-state index contributed by atoms with van der Waals surface area (Å²) in [6.45, 7) is 7.92. The lowest BCUT2D eigenvalue weighted by Crippen LogP contribution is -2.32. The normalized spacial score (nSPS) is 10.8. The molecule has 0 radical (unpaired) electrons. The summed E-state index contributed by atoms with van der Waals surface area (Å²) in [6.07, 6.45) is 0.904. The highest BCUT2D eigenvalue weighted by Crippen LogP contribution is 2.30. The molecule has 6 nitrogen and oxygen atoms in total. The molecule has 0 saturated carbocycles. The van der Waals surface area contributed by atoms with Gasteiger partial charge in [0.2, 0.25) is 5.91 Å². The quantitative estimate of drug-likeness (QED) is 0.427. The van der Waals surface area contributed by atoms with Gasteiger partial charge < -0.3 is 14.1 Å². The minimum atomic E-state index is 0.0527. The zero-order valence-corrected chi connectivity index (χ0v) is 18.4. The van der Waals surface area contributed by atoms with Crippen LogP contribution in [0.25, 0.3) is 11.5 Å². The van der Waals surface area contributed by atoms with Crippen LogP contribution in [0.3, 0.4) is 0 Å². The number of carbonyl (C=O) groups excluding carboxylic acids is 1. The van der Waals surface area contributed by atoms with Gasteiger partial charge in [-0.3, -0.25) is 4.79 Å². The van der Waals surface area contributed by atoms with E-state index in [1.165, 1.54) is 17.3 Å². The van der Waals surface area contributed by atoms with Gasteiger partial charge in [-0.05, 0) is 38.0 Å². The standard InChI is InChI=1S/C23H27N3O3S/c1-4-14-26(15-18-12-10-17(3)11-13-18)21(27)16-30-23-25-24-22(29-23)19-8-6-7-9-20(19)28-5-2/h6-13H,4-5,14-16H2,1-3H3. The molecule has 0 fully saturated rings. The predicted octanol–water partition coefficient (Wildman–Crippen LogP) is 4.97. The van der Waals surface area contributed by atoms with Crippen LogP contribution in [-0.4, -0.2) is 39.9 Å². The monoisotopic (exact) mass is 425 g/mol. The van der Waals surface area contributed by atoms with Crippen LogP contribution in [0.5, 0.6) is 5.75 Å². The summed E-state index contributed by atoms with van der Waals surface area (Å²) >= 11 is 1.26. The number of aromatic nitrogens is 2. The van der Waals surface area contributed by atoms with Crippen molar-refractivity contribution in [3.63, 3.8) is 0 Å². The Balaban J connectivity index is 1.63. The number of carbonyl (C=O) groups is 1. The van der Waals surface area contributed by atoms with Gasteiger partial charge in [0.05, 0.1) is 17.9 Å². The summed E-state index contributed by atoms with van der Waals surface area (Å²) in [4.78, 5) is 14.7. The summed E-state index contributed by atoms with van der Waals surface area (Å²) in [6, 6.07) is 15.8. The van der Waals surface area contributed by atoms with Gasteiger partial charge in [-0.15, -0.1) is 10.2 Å². The van der Waals surface area contributed by atoms with Gasteiger partial charge in [0.25, 0.3) is 11.1 Å². The van der Waals surface area contributed by atoms with Crippen molar-refractivity contribution in [2.45, 2.75) is 39.0 Å². The second kappa shape index (κ2) is 10.8. The van der Waals surface area contributed by atoms with Crippen LogP contribution in [0.4, 0.5) is 0 Å². The van der Waals surface area contributed by atoms with E-state index in [9.17, 15) is 4.79 Å². The van der Waals surface area contributed by atoms with Crippen LogP contribution < -0.4 is 4.74 Å². The molecule has 0 spiro atoms. The molecule has 0 unspecified atom stereocenters. The maximum atomic E-state index is 12.8. The zero-order valence-electron chi connectivity index (χ0n) is 17.6. The summed E-state index contributed by atoms with van der Waals surface area (Å²) in [5.41, 5.74) is 3.08. The third-order valence-corrected chi connectivity index (χ3v) is 5.29. The SMILES string of the molecule is CCCN(Cc1ccc(C)cc1)C(=O)CSc1nnc(-c2ccccc2OCC)o1. The Labute approximate surface area is 181 Å². The first-order chi connectivity index (χ1) is 14.6. The second-order valence-electron chi connectivity index (χ2n) is 6.89. The Hall–Kier alpha value is -2.80. The van der Waals surface area contributed by atoms with Crippen molar-refractivity contribution in [3.05, 3.63) is 59.7 Å². The van der Waals surface area contributed by atoms with Gasteiger partial charge in [-0.25, -0.2) is 0 Å². The van der Waals surface area contributed by atoms with Crippen molar-refractivity contribution >= 4 is 17.7 Å². The lowest BCUT2D eigenvalue weighted by Gasteiger charge is -2.22. The van der Waals surface area contributed by atoms with E-state index in [4.69, 9.17) is 9.15 Å². The van der Waals surface area contributed by atoms with Gasteiger partial charge in [-0.2, -0.15) is 0 Å². The van der Waals surface area contributed by atoms with Gasteiger partial charge in [0.1, 0.15) is 5.75 Å². The number of aryl methyl sites for hydroxylation is 1. The molecule has 0 saturated heterocycles. The van der Waals surface area contributed by atoms with E-state index < -0.39 is 0 Å². The third kappa shape index (κ3) is 5.86. The van der Waals surface area contributed by atoms with Crippen LogP contribution in [0.15, 0.2) is 58.2 Å².